The minimum Gasteiger partial charge on any atom is -0.493 e. The maximum atomic E-state index is 13.8. The quantitative estimate of drug-likeness (QED) is 0.474. The molecule has 3 aromatic rings. The van der Waals surface area contributed by atoms with Crippen LogP contribution in [0.5, 0.6) is 11.5 Å². The lowest BCUT2D eigenvalue weighted by Crippen LogP contribution is -2.45. The molecule has 1 aliphatic rings. The van der Waals surface area contributed by atoms with Gasteiger partial charge in [0.25, 0.3) is 11.5 Å². The summed E-state index contributed by atoms with van der Waals surface area (Å²) in [6.07, 6.45) is 1.98. The molecule has 1 N–H and O–H groups in total. The number of carbonyl (C=O) groups excluding carboxylic acids is 2. The first-order chi connectivity index (χ1) is 18.6. The average Bonchev–Trinajstić information content (AvgIpc) is 2.92. The Labute approximate surface area is 227 Å². The second-order valence-corrected chi connectivity index (χ2v) is 10.4. The molecule has 208 valence electrons. The maximum absolute atomic E-state index is 13.8. The van der Waals surface area contributed by atoms with Crippen molar-refractivity contribution in [3.8, 4) is 11.5 Å². The number of hydrogen-bond acceptors (Lipinski definition) is 6. The van der Waals surface area contributed by atoms with Crippen LogP contribution in [-0.4, -0.2) is 59.2 Å². The van der Waals surface area contributed by atoms with Gasteiger partial charge in [-0.05, 0) is 56.4 Å². The molecule has 0 aliphatic carbocycles. The van der Waals surface area contributed by atoms with Gasteiger partial charge in [0.1, 0.15) is 6.54 Å². The highest BCUT2D eigenvalue weighted by molar-refractivity contribution is 5.94. The van der Waals surface area contributed by atoms with Crippen molar-refractivity contribution in [3.05, 3.63) is 68.4 Å². The zero-order chi connectivity index (χ0) is 28.3. The van der Waals surface area contributed by atoms with E-state index in [0.29, 0.717) is 47.2 Å². The van der Waals surface area contributed by atoms with E-state index in [9.17, 15) is 19.2 Å². The number of piperidine rings is 1. The third-order valence-corrected chi connectivity index (χ3v) is 7.01. The number of benzene rings is 2. The van der Waals surface area contributed by atoms with E-state index in [-0.39, 0.29) is 36.3 Å². The van der Waals surface area contributed by atoms with Crippen LogP contribution in [-0.2, 0) is 17.9 Å². The number of rotatable bonds is 8. The number of carbonyl (C=O) groups is 2. The predicted octanol–water partition coefficient (Wildman–Crippen LogP) is 2.63. The number of nitrogens with one attached hydrogen (secondary N) is 1. The first kappa shape index (κ1) is 27.9. The van der Waals surface area contributed by atoms with Crippen LogP contribution in [0.25, 0.3) is 10.9 Å². The van der Waals surface area contributed by atoms with Crippen molar-refractivity contribution in [2.24, 2.45) is 5.92 Å². The molecular weight excluding hydrogens is 500 g/mol. The van der Waals surface area contributed by atoms with Gasteiger partial charge in [-0.15, -0.1) is 0 Å². The lowest BCUT2D eigenvalue weighted by atomic mass is 10.0. The Bertz CT molecular complexity index is 1490. The molecule has 1 aliphatic heterocycles. The number of likely N-dealkylation sites (tertiary alicyclic amines) is 1. The summed E-state index contributed by atoms with van der Waals surface area (Å²) in [5, 5.41) is 3.07. The van der Waals surface area contributed by atoms with E-state index in [1.54, 1.807) is 35.2 Å². The Morgan fingerprint density at radius 1 is 1.03 bits per heavy atom. The SMILES string of the molecule is COc1cc2c(=O)n(Cc3ccc(C(=O)NC(C)C)cc3)c(=O)n(CC(=O)N3CCCC(C)C3)c2cc1OC. The lowest BCUT2D eigenvalue weighted by molar-refractivity contribution is -0.133. The molecule has 1 saturated heterocycles. The van der Waals surface area contributed by atoms with Crippen molar-refractivity contribution in [2.75, 3.05) is 27.3 Å². The highest BCUT2D eigenvalue weighted by Crippen LogP contribution is 2.30. The largest absolute Gasteiger partial charge is 0.493 e. The fourth-order valence-corrected chi connectivity index (χ4v) is 4.98. The van der Waals surface area contributed by atoms with E-state index < -0.39 is 11.2 Å². The number of amides is 2. The lowest BCUT2D eigenvalue weighted by Gasteiger charge is -2.31. The number of ether oxygens (including phenoxy) is 2. The summed E-state index contributed by atoms with van der Waals surface area (Å²) in [5.41, 5.74) is 0.345. The maximum Gasteiger partial charge on any atom is 0.332 e. The number of fused-ring (bicyclic) bond motifs is 1. The van der Waals surface area contributed by atoms with Gasteiger partial charge in [0, 0.05) is 30.8 Å². The number of aromatic nitrogens is 2. The smallest absolute Gasteiger partial charge is 0.332 e. The van der Waals surface area contributed by atoms with E-state index in [4.69, 9.17) is 9.47 Å². The van der Waals surface area contributed by atoms with Gasteiger partial charge in [0.05, 0.1) is 31.7 Å². The van der Waals surface area contributed by atoms with Crippen LogP contribution in [0.3, 0.4) is 0 Å². The molecule has 0 radical (unpaired) electrons. The van der Waals surface area contributed by atoms with E-state index in [2.05, 4.69) is 12.2 Å². The summed E-state index contributed by atoms with van der Waals surface area (Å²) in [4.78, 5) is 54.8. The third-order valence-electron chi connectivity index (χ3n) is 7.01. The highest BCUT2D eigenvalue weighted by Gasteiger charge is 2.24. The molecule has 1 fully saturated rings. The first-order valence-electron chi connectivity index (χ1n) is 13.2. The van der Waals surface area contributed by atoms with Crippen molar-refractivity contribution >= 4 is 22.7 Å². The van der Waals surface area contributed by atoms with Gasteiger partial charge in [0.2, 0.25) is 5.91 Å². The Hall–Kier alpha value is -4.08. The number of methoxy groups -OCH3 is 2. The molecular formula is C29H36N4O6. The zero-order valence-corrected chi connectivity index (χ0v) is 23.2. The van der Waals surface area contributed by atoms with Crippen LogP contribution in [0.4, 0.5) is 0 Å². The van der Waals surface area contributed by atoms with Gasteiger partial charge in [-0.1, -0.05) is 19.1 Å². The fourth-order valence-electron chi connectivity index (χ4n) is 4.98. The van der Waals surface area contributed by atoms with Crippen LogP contribution in [0.2, 0.25) is 0 Å². The molecule has 1 aromatic heterocycles. The molecule has 0 spiro atoms. The second kappa shape index (κ2) is 11.8. The standard InChI is InChI=1S/C29H36N4O6/c1-18(2)30-27(35)21-10-8-20(9-11-21)16-33-28(36)22-13-24(38-4)25(39-5)14-23(22)32(29(33)37)17-26(34)31-12-6-7-19(3)15-31/h8-11,13-14,18-19H,6-7,12,15-17H2,1-5H3,(H,30,35). The Kier molecular flexibility index (Phi) is 8.42. The van der Waals surface area contributed by atoms with Crippen molar-refractivity contribution < 1.29 is 19.1 Å². The minimum atomic E-state index is -0.597. The number of hydrogen-bond donors (Lipinski definition) is 1. The highest BCUT2D eigenvalue weighted by atomic mass is 16.5. The Morgan fingerprint density at radius 3 is 2.31 bits per heavy atom. The minimum absolute atomic E-state index is 0.00158. The topological polar surface area (TPSA) is 112 Å². The summed E-state index contributed by atoms with van der Waals surface area (Å²) in [7, 11) is 2.94. The van der Waals surface area contributed by atoms with E-state index in [1.165, 1.54) is 24.9 Å². The van der Waals surface area contributed by atoms with Crippen LogP contribution >= 0.6 is 0 Å². The Morgan fingerprint density at radius 2 is 1.69 bits per heavy atom. The summed E-state index contributed by atoms with van der Waals surface area (Å²) in [6.45, 7) is 6.92. The fraction of sp³-hybridized carbons (Fsp3) is 0.448. The van der Waals surface area contributed by atoms with E-state index >= 15 is 0 Å². The normalized spacial score (nSPS) is 15.4. The predicted molar refractivity (Wildman–Crippen MR) is 149 cm³/mol. The summed E-state index contributed by atoms with van der Waals surface area (Å²) < 4.78 is 13.3. The zero-order valence-electron chi connectivity index (χ0n) is 23.2. The molecule has 2 amide bonds. The molecule has 0 saturated carbocycles. The van der Waals surface area contributed by atoms with Crippen molar-refractivity contribution in [1.82, 2.24) is 19.4 Å². The van der Waals surface area contributed by atoms with Gasteiger partial charge in [0.15, 0.2) is 11.5 Å². The van der Waals surface area contributed by atoms with Gasteiger partial charge >= 0.3 is 5.69 Å². The van der Waals surface area contributed by atoms with Crippen LogP contribution < -0.4 is 26.0 Å². The van der Waals surface area contributed by atoms with Gasteiger partial charge in [-0.2, -0.15) is 0 Å². The van der Waals surface area contributed by atoms with Gasteiger partial charge in [-0.3, -0.25) is 23.5 Å². The molecule has 2 aromatic carbocycles. The van der Waals surface area contributed by atoms with Crippen molar-refractivity contribution in [2.45, 2.75) is 52.7 Å². The summed E-state index contributed by atoms with van der Waals surface area (Å²) >= 11 is 0. The van der Waals surface area contributed by atoms with Gasteiger partial charge < -0.3 is 19.7 Å². The average molecular weight is 537 g/mol. The van der Waals surface area contributed by atoms with Gasteiger partial charge in [-0.25, -0.2) is 4.79 Å². The molecule has 1 atom stereocenters. The van der Waals surface area contributed by atoms with Crippen LogP contribution in [0.15, 0.2) is 46.0 Å². The second-order valence-electron chi connectivity index (χ2n) is 10.4. The monoisotopic (exact) mass is 536 g/mol. The molecule has 1 unspecified atom stereocenters. The molecule has 4 rings (SSSR count). The molecule has 10 heteroatoms. The van der Waals surface area contributed by atoms with Crippen molar-refractivity contribution in [1.29, 1.82) is 0 Å². The van der Waals surface area contributed by atoms with Crippen LogP contribution in [0.1, 0.15) is 49.5 Å². The molecule has 39 heavy (non-hydrogen) atoms. The first-order valence-corrected chi connectivity index (χ1v) is 13.2. The Balaban J connectivity index is 1.78. The van der Waals surface area contributed by atoms with Crippen molar-refractivity contribution in [3.63, 3.8) is 0 Å². The van der Waals surface area contributed by atoms with Crippen LogP contribution in [0, 0.1) is 5.92 Å². The third kappa shape index (κ3) is 6.00. The summed E-state index contributed by atoms with van der Waals surface area (Å²) in [5.74, 6) is 0.707. The summed E-state index contributed by atoms with van der Waals surface area (Å²) in [6, 6.07) is 9.85. The molecule has 2 heterocycles. The number of nitrogens with zero attached hydrogens (tertiary/aromatic N) is 3. The molecule has 0 bridgehead atoms. The van der Waals surface area contributed by atoms with E-state index in [1.807, 2.05) is 13.8 Å². The van der Waals surface area contributed by atoms with E-state index in [0.717, 1.165) is 17.4 Å². The molecule has 10 nitrogen and oxygen atoms in total.